The van der Waals surface area contributed by atoms with E-state index < -0.39 is 72.4 Å². The molecule has 1 aliphatic heterocycles. The van der Waals surface area contributed by atoms with Gasteiger partial charge in [-0.15, -0.1) is 10.2 Å². The Morgan fingerprint density at radius 3 is 2.38 bits per heavy atom. The smallest absolute Gasteiger partial charge is 0.308 e. The van der Waals surface area contributed by atoms with Crippen LogP contribution in [-0.4, -0.2) is 93.7 Å². The molecule has 1 aromatic heterocycles. The predicted octanol–water partition coefficient (Wildman–Crippen LogP) is -0.719. The minimum atomic E-state index is -1.58. The lowest BCUT2D eigenvalue weighted by atomic mass is 9.98. The number of tetrazole rings is 1. The Kier molecular flexibility index (Phi) is 12.8. The fourth-order valence-electron chi connectivity index (χ4n) is 5.34. The predicted molar refractivity (Wildman–Crippen MR) is 176 cm³/mol. The van der Waals surface area contributed by atoms with Gasteiger partial charge in [0, 0.05) is 18.7 Å². The van der Waals surface area contributed by atoms with Crippen molar-refractivity contribution in [3.05, 3.63) is 71.5 Å². The van der Waals surface area contributed by atoms with Crippen LogP contribution in [0.2, 0.25) is 0 Å². The van der Waals surface area contributed by atoms with Gasteiger partial charge in [-0.3, -0.25) is 38.5 Å². The molecule has 2 aromatic carbocycles. The number of ether oxygens (including phenoxy) is 1. The summed E-state index contributed by atoms with van der Waals surface area (Å²) in [7, 11) is 1.11. The first-order chi connectivity index (χ1) is 24.0. The first-order valence-corrected chi connectivity index (χ1v) is 15.9. The molecule has 264 valence electrons. The number of ketones is 1. The van der Waals surface area contributed by atoms with Crippen molar-refractivity contribution >= 4 is 47.0 Å². The number of H-pyrrole nitrogens is 1. The Morgan fingerprint density at radius 1 is 0.980 bits per heavy atom. The molecule has 0 unspecified atom stereocenters. The molecule has 3 aromatic rings. The number of anilines is 1. The van der Waals surface area contributed by atoms with E-state index in [4.69, 9.17) is 0 Å². The molecule has 17 heteroatoms. The minimum absolute atomic E-state index is 0.0383. The number of amides is 5. The fourth-order valence-corrected chi connectivity index (χ4v) is 5.34. The second kappa shape index (κ2) is 17.4. The Morgan fingerprint density at radius 2 is 1.70 bits per heavy atom. The fraction of sp³-hybridized carbons (Fsp3) is 0.394. The number of nitrogens with one attached hydrogen (secondary N) is 5. The number of carbonyl (C=O) groups is 7. The van der Waals surface area contributed by atoms with Crippen LogP contribution in [-0.2, 0) is 57.7 Å². The number of rotatable bonds is 16. The summed E-state index contributed by atoms with van der Waals surface area (Å²) in [4.78, 5) is 92.7. The third-order valence-corrected chi connectivity index (χ3v) is 8.23. The number of para-hydroxylation sites is 1. The van der Waals surface area contributed by atoms with Crippen molar-refractivity contribution in [2.45, 2.75) is 64.2 Å². The number of aromatic nitrogens is 4. The van der Waals surface area contributed by atoms with Gasteiger partial charge < -0.3 is 26.0 Å². The minimum Gasteiger partial charge on any atom is -0.469 e. The zero-order valence-electron chi connectivity index (χ0n) is 27.8. The van der Waals surface area contributed by atoms with Crippen LogP contribution in [0, 0.1) is 5.92 Å². The lowest BCUT2D eigenvalue weighted by Gasteiger charge is -2.27. The molecule has 0 saturated carbocycles. The van der Waals surface area contributed by atoms with Crippen LogP contribution < -0.4 is 26.2 Å². The number of aromatic amines is 1. The highest BCUT2D eigenvalue weighted by Gasteiger charge is 2.41. The van der Waals surface area contributed by atoms with Gasteiger partial charge in [0.25, 0.3) is 5.91 Å². The molecule has 0 fully saturated rings. The Hall–Kier alpha value is -6.00. The molecular weight excluding hydrogens is 650 g/mol. The summed E-state index contributed by atoms with van der Waals surface area (Å²) in [6, 6.07) is 11.9. The molecule has 0 saturated heterocycles. The summed E-state index contributed by atoms with van der Waals surface area (Å²) >= 11 is 0. The van der Waals surface area contributed by atoms with E-state index in [1.807, 2.05) is 6.92 Å². The molecule has 0 spiro atoms. The second-order valence-electron chi connectivity index (χ2n) is 11.6. The number of hydrogen-bond donors (Lipinski definition) is 5. The molecule has 2 heterocycles. The van der Waals surface area contributed by atoms with E-state index in [0.29, 0.717) is 17.7 Å². The van der Waals surface area contributed by atoms with Gasteiger partial charge in [0.05, 0.1) is 26.5 Å². The Bertz CT molecular complexity index is 1700. The number of Topliss-reactive ketones (excluding diaryl/α,β-unsaturated/α-hetero) is 1. The van der Waals surface area contributed by atoms with Crippen LogP contribution >= 0.6 is 0 Å². The highest BCUT2D eigenvalue weighted by atomic mass is 16.5. The summed E-state index contributed by atoms with van der Waals surface area (Å²) in [5.74, 6) is -5.69. The van der Waals surface area contributed by atoms with Crippen LogP contribution in [0.4, 0.5) is 5.69 Å². The monoisotopic (exact) mass is 689 g/mol. The average Bonchev–Trinajstić information content (AvgIpc) is 3.79. The van der Waals surface area contributed by atoms with Gasteiger partial charge in [-0.2, -0.15) is 5.21 Å². The lowest BCUT2D eigenvalue weighted by molar-refractivity contribution is -0.145. The van der Waals surface area contributed by atoms with Gasteiger partial charge in [0.2, 0.25) is 29.4 Å². The maximum absolute atomic E-state index is 13.7. The van der Waals surface area contributed by atoms with Crippen molar-refractivity contribution in [1.29, 1.82) is 0 Å². The standard InChI is InChI=1S/C33H39N9O8/c1-4-19(2)29(37-26(43)16-25-38-40-41-39-25)32(48)35-18-27(44)42-23-13-9-8-12-21(23)14-24(42)31(47)36-22(15-28(45)50-3)30(46)33(49)34-17-20-10-6-5-7-11-20/h5-13,19,22,24,29H,4,14-18H2,1-3H3,(H,34,49)(H,35,48)(H,36,47)(H,37,43)(H,38,39,40,41)/t19-,22-,24-,29-/m0/s1. The quantitative estimate of drug-likeness (QED) is 0.0930. The molecule has 50 heavy (non-hydrogen) atoms. The highest BCUT2D eigenvalue weighted by Crippen LogP contribution is 2.32. The number of nitrogens with zero attached hydrogens (tertiary/aromatic N) is 4. The van der Waals surface area contributed by atoms with Crippen molar-refractivity contribution in [3.8, 4) is 0 Å². The Balaban J connectivity index is 1.46. The Labute approximate surface area is 287 Å². The SMILES string of the molecule is CC[C@H](C)[C@H](NC(=O)Cc1nn[nH]n1)C(=O)NCC(=O)N1c2ccccc2C[C@H]1C(=O)N[C@@H](CC(=O)OC)C(=O)C(=O)NCc1ccccc1. The molecule has 1 aliphatic rings. The van der Waals surface area contributed by atoms with Crippen LogP contribution in [0.25, 0.3) is 0 Å². The largest absolute Gasteiger partial charge is 0.469 e. The summed E-state index contributed by atoms with van der Waals surface area (Å²) in [6.45, 7) is 3.12. The molecule has 4 atom stereocenters. The third-order valence-electron chi connectivity index (χ3n) is 8.23. The van der Waals surface area contributed by atoms with E-state index in [1.165, 1.54) is 4.90 Å². The van der Waals surface area contributed by atoms with E-state index in [-0.39, 0.29) is 31.1 Å². The maximum Gasteiger partial charge on any atom is 0.308 e. The number of esters is 1. The van der Waals surface area contributed by atoms with E-state index in [0.717, 1.165) is 12.7 Å². The summed E-state index contributed by atoms with van der Waals surface area (Å²) < 4.78 is 4.69. The van der Waals surface area contributed by atoms with Crippen molar-refractivity contribution < 1.29 is 38.3 Å². The molecule has 5 N–H and O–H groups in total. The van der Waals surface area contributed by atoms with Crippen LogP contribution in [0.15, 0.2) is 54.6 Å². The first-order valence-electron chi connectivity index (χ1n) is 15.9. The van der Waals surface area contributed by atoms with Crippen LogP contribution in [0.1, 0.15) is 43.6 Å². The average molecular weight is 690 g/mol. The summed E-state index contributed by atoms with van der Waals surface area (Å²) in [5, 5.41) is 23.3. The van der Waals surface area contributed by atoms with Crippen LogP contribution in [0.5, 0.6) is 0 Å². The topological polar surface area (TPSA) is 235 Å². The highest BCUT2D eigenvalue weighted by molar-refractivity contribution is 6.38. The molecule has 4 rings (SSSR count). The second-order valence-corrected chi connectivity index (χ2v) is 11.6. The van der Waals surface area contributed by atoms with Gasteiger partial charge in [-0.05, 0) is 23.1 Å². The third kappa shape index (κ3) is 9.55. The van der Waals surface area contributed by atoms with E-state index in [9.17, 15) is 33.6 Å². The number of methoxy groups -OCH3 is 1. The van der Waals surface area contributed by atoms with Gasteiger partial charge in [0.1, 0.15) is 18.1 Å². The van der Waals surface area contributed by atoms with Crippen molar-refractivity contribution in [1.82, 2.24) is 41.9 Å². The van der Waals surface area contributed by atoms with Crippen molar-refractivity contribution in [3.63, 3.8) is 0 Å². The van der Waals surface area contributed by atoms with E-state index >= 15 is 0 Å². The normalized spacial score (nSPS) is 15.1. The molecular formula is C33H39N9O8. The number of fused-ring (bicyclic) bond motifs is 1. The number of carbonyl (C=O) groups excluding carboxylic acids is 7. The zero-order chi connectivity index (χ0) is 36.2. The molecule has 0 aliphatic carbocycles. The van der Waals surface area contributed by atoms with Gasteiger partial charge >= 0.3 is 5.97 Å². The van der Waals surface area contributed by atoms with E-state index in [1.54, 1.807) is 61.5 Å². The van der Waals surface area contributed by atoms with Crippen molar-refractivity contribution in [2.24, 2.45) is 5.92 Å². The van der Waals surface area contributed by atoms with Gasteiger partial charge in [-0.1, -0.05) is 74.0 Å². The van der Waals surface area contributed by atoms with Crippen molar-refractivity contribution in [2.75, 3.05) is 18.6 Å². The van der Waals surface area contributed by atoms with Gasteiger partial charge in [0.15, 0.2) is 5.82 Å². The zero-order valence-corrected chi connectivity index (χ0v) is 27.8. The van der Waals surface area contributed by atoms with E-state index in [2.05, 4.69) is 46.6 Å². The summed E-state index contributed by atoms with van der Waals surface area (Å²) in [5.41, 5.74) is 1.79. The molecule has 0 bridgehead atoms. The van der Waals surface area contributed by atoms with Gasteiger partial charge in [-0.25, -0.2) is 0 Å². The number of hydrogen-bond acceptors (Lipinski definition) is 11. The number of benzene rings is 2. The summed E-state index contributed by atoms with van der Waals surface area (Å²) in [6.07, 6.45) is -0.251. The molecule has 0 radical (unpaired) electrons. The van der Waals surface area contributed by atoms with Crippen LogP contribution in [0.3, 0.4) is 0 Å². The molecule has 5 amide bonds. The maximum atomic E-state index is 13.7. The molecule has 17 nitrogen and oxygen atoms in total. The lowest BCUT2D eigenvalue weighted by Crippen LogP contribution is -2.57. The first kappa shape index (κ1) is 36.8.